The number of carbonyl (C=O) groups excluding carboxylic acids is 2. The molecule has 37 heavy (non-hydrogen) atoms. The van der Waals surface area contributed by atoms with E-state index in [1.807, 2.05) is 32.9 Å². The number of amides is 1. The number of carbonyl (C=O) groups is 2. The van der Waals surface area contributed by atoms with E-state index in [0.717, 1.165) is 47.0 Å². The number of aromatic nitrogens is 1. The molecule has 0 radical (unpaired) electrons. The molecule has 0 N–H and O–H groups in total. The summed E-state index contributed by atoms with van der Waals surface area (Å²) in [5.41, 5.74) is 3.16. The molecule has 2 aromatic carbocycles. The maximum absolute atomic E-state index is 13.3. The molecule has 10 heteroatoms. The fraction of sp³-hybridized carbons (Fsp3) is 0.444. The Kier molecular flexibility index (Phi) is 8.30. The van der Waals surface area contributed by atoms with Crippen molar-refractivity contribution in [3.63, 3.8) is 0 Å². The summed E-state index contributed by atoms with van der Waals surface area (Å²) in [6, 6.07) is 9.97. The molecule has 0 saturated carbocycles. The third-order valence-electron chi connectivity index (χ3n) is 6.66. The van der Waals surface area contributed by atoms with E-state index in [1.165, 1.54) is 35.6 Å². The number of nitrogens with zero attached hydrogens (tertiary/aromatic N) is 3. The predicted octanol–water partition coefficient (Wildman–Crippen LogP) is 4.58. The van der Waals surface area contributed by atoms with Crippen LogP contribution in [0.5, 0.6) is 0 Å². The van der Waals surface area contributed by atoms with E-state index < -0.39 is 21.9 Å². The molecule has 1 fully saturated rings. The van der Waals surface area contributed by atoms with Crippen molar-refractivity contribution >= 4 is 43.5 Å². The van der Waals surface area contributed by atoms with E-state index in [4.69, 9.17) is 4.74 Å². The number of hydrogen-bond donors (Lipinski definition) is 0. The van der Waals surface area contributed by atoms with Gasteiger partial charge in [0.1, 0.15) is 6.54 Å². The molecule has 0 aliphatic carbocycles. The second-order valence-corrected chi connectivity index (χ2v) is 12.2. The Labute approximate surface area is 221 Å². The summed E-state index contributed by atoms with van der Waals surface area (Å²) < 4.78 is 35.9. The Morgan fingerprint density at radius 3 is 2.51 bits per heavy atom. The zero-order chi connectivity index (χ0) is 26.7. The van der Waals surface area contributed by atoms with E-state index in [-0.39, 0.29) is 29.7 Å². The number of esters is 1. The second kappa shape index (κ2) is 11.3. The van der Waals surface area contributed by atoms with Gasteiger partial charge < -0.3 is 9.30 Å². The molecule has 1 atom stereocenters. The standard InChI is InChI=1S/C27H33N3O5S2/c1-5-21-9-7-8-14-30(21)37(33,34)22-12-10-20(11-13-22)26(32)28-27-29(17-24(31)35-6-2)23-16-18(3)15-19(4)25(23)36-27/h10-13,15-16,21H,5-9,14,17H2,1-4H3. The SMILES string of the molecule is CCOC(=O)Cn1c(=NC(=O)c2ccc(S(=O)(=O)N3CCCCC3CC)cc2)sc2c(C)cc(C)cc21. The van der Waals surface area contributed by atoms with Gasteiger partial charge in [0.2, 0.25) is 10.0 Å². The van der Waals surface area contributed by atoms with Crippen molar-refractivity contribution in [2.75, 3.05) is 13.2 Å². The summed E-state index contributed by atoms with van der Waals surface area (Å²) in [5, 5.41) is 0. The molecular weight excluding hydrogens is 510 g/mol. The van der Waals surface area contributed by atoms with Gasteiger partial charge in [-0.15, -0.1) is 0 Å². The molecule has 2 heterocycles. The molecule has 8 nitrogen and oxygen atoms in total. The highest BCUT2D eigenvalue weighted by Gasteiger charge is 2.32. The van der Waals surface area contributed by atoms with Crippen molar-refractivity contribution in [1.29, 1.82) is 0 Å². The van der Waals surface area contributed by atoms with Gasteiger partial charge in [-0.05, 0) is 81.5 Å². The summed E-state index contributed by atoms with van der Waals surface area (Å²) in [4.78, 5) is 30.3. The van der Waals surface area contributed by atoms with E-state index >= 15 is 0 Å². The molecule has 0 spiro atoms. The van der Waals surface area contributed by atoms with Crippen molar-refractivity contribution < 1.29 is 22.7 Å². The fourth-order valence-corrected chi connectivity index (χ4v) is 7.69. The first-order chi connectivity index (χ1) is 17.6. The monoisotopic (exact) mass is 543 g/mol. The molecule has 1 amide bonds. The third kappa shape index (κ3) is 5.71. The zero-order valence-electron chi connectivity index (χ0n) is 21.7. The lowest BCUT2D eigenvalue weighted by molar-refractivity contribution is -0.143. The zero-order valence-corrected chi connectivity index (χ0v) is 23.3. The lowest BCUT2D eigenvalue weighted by Crippen LogP contribution is -2.43. The number of fused-ring (bicyclic) bond motifs is 1. The number of hydrogen-bond acceptors (Lipinski definition) is 6. The van der Waals surface area contributed by atoms with Gasteiger partial charge in [-0.25, -0.2) is 8.42 Å². The van der Waals surface area contributed by atoms with Crippen molar-refractivity contribution in [2.24, 2.45) is 4.99 Å². The van der Waals surface area contributed by atoms with Gasteiger partial charge in [-0.1, -0.05) is 30.7 Å². The molecule has 1 aliphatic heterocycles. The second-order valence-electron chi connectivity index (χ2n) is 9.32. The summed E-state index contributed by atoms with van der Waals surface area (Å²) in [7, 11) is -3.64. The first kappa shape index (κ1) is 27.2. The van der Waals surface area contributed by atoms with Crippen molar-refractivity contribution in [3.8, 4) is 0 Å². The van der Waals surface area contributed by atoms with Crippen LogP contribution in [0.3, 0.4) is 0 Å². The number of ether oxygens (including phenoxy) is 1. The van der Waals surface area contributed by atoms with Crippen LogP contribution in [-0.2, 0) is 26.1 Å². The number of aryl methyl sites for hydroxylation is 2. The smallest absolute Gasteiger partial charge is 0.326 e. The lowest BCUT2D eigenvalue weighted by atomic mass is 10.0. The third-order valence-corrected chi connectivity index (χ3v) is 9.85. The summed E-state index contributed by atoms with van der Waals surface area (Å²) in [6.45, 7) is 8.43. The van der Waals surface area contributed by atoms with Crippen LogP contribution in [0.1, 0.15) is 61.0 Å². The van der Waals surface area contributed by atoms with Crippen molar-refractivity contribution in [2.45, 2.75) is 70.9 Å². The van der Waals surface area contributed by atoms with Gasteiger partial charge in [-0.2, -0.15) is 9.30 Å². The quantitative estimate of drug-likeness (QED) is 0.407. The van der Waals surface area contributed by atoms with Gasteiger partial charge in [0.25, 0.3) is 5.91 Å². The van der Waals surface area contributed by atoms with Crippen LogP contribution in [0.25, 0.3) is 10.2 Å². The Morgan fingerprint density at radius 1 is 1.11 bits per heavy atom. The summed E-state index contributed by atoms with van der Waals surface area (Å²) in [5.74, 6) is -0.917. The molecule has 198 valence electrons. The topological polar surface area (TPSA) is 98.0 Å². The van der Waals surface area contributed by atoms with Gasteiger partial charge in [-0.3, -0.25) is 9.59 Å². The van der Waals surface area contributed by atoms with Crippen LogP contribution in [0.4, 0.5) is 0 Å². The van der Waals surface area contributed by atoms with Crippen LogP contribution in [0.15, 0.2) is 46.3 Å². The average molecular weight is 544 g/mol. The number of thiazole rings is 1. The van der Waals surface area contributed by atoms with Crippen LogP contribution in [0.2, 0.25) is 0 Å². The van der Waals surface area contributed by atoms with Gasteiger partial charge in [0.05, 0.1) is 21.7 Å². The first-order valence-corrected chi connectivity index (χ1v) is 14.9. The number of benzene rings is 2. The normalized spacial score (nSPS) is 17.3. The Morgan fingerprint density at radius 2 is 1.84 bits per heavy atom. The molecule has 4 rings (SSSR count). The van der Waals surface area contributed by atoms with Crippen molar-refractivity contribution in [1.82, 2.24) is 8.87 Å². The molecule has 1 aliphatic rings. The number of piperidine rings is 1. The molecular formula is C27H33N3O5S2. The fourth-order valence-electron chi connectivity index (χ4n) is 4.84. The maximum atomic E-state index is 13.3. The van der Waals surface area contributed by atoms with Crippen LogP contribution < -0.4 is 4.80 Å². The highest BCUT2D eigenvalue weighted by atomic mass is 32.2. The van der Waals surface area contributed by atoms with E-state index in [2.05, 4.69) is 4.99 Å². The van der Waals surface area contributed by atoms with Crippen LogP contribution >= 0.6 is 11.3 Å². The minimum absolute atomic E-state index is 0.00459. The minimum Gasteiger partial charge on any atom is -0.465 e. The van der Waals surface area contributed by atoms with Gasteiger partial charge in [0, 0.05) is 18.2 Å². The summed E-state index contributed by atoms with van der Waals surface area (Å²) in [6.07, 6.45) is 3.53. The molecule has 1 aromatic heterocycles. The van der Waals surface area contributed by atoms with Gasteiger partial charge >= 0.3 is 5.97 Å². The van der Waals surface area contributed by atoms with Crippen LogP contribution in [-0.4, -0.2) is 48.4 Å². The average Bonchev–Trinajstić information content (AvgIpc) is 3.21. The molecule has 1 unspecified atom stereocenters. The molecule has 3 aromatic rings. The first-order valence-electron chi connectivity index (χ1n) is 12.6. The predicted molar refractivity (Wildman–Crippen MR) is 144 cm³/mol. The Hall–Kier alpha value is -2.82. The van der Waals surface area contributed by atoms with E-state index in [0.29, 0.717) is 11.3 Å². The van der Waals surface area contributed by atoms with Crippen molar-refractivity contribution in [3.05, 3.63) is 57.9 Å². The Balaban J connectivity index is 1.68. The molecule has 0 bridgehead atoms. The molecule has 1 saturated heterocycles. The largest absolute Gasteiger partial charge is 0.465 e. The van der Waals surface area contributed by atoms with Crippen LogP contribution in [0, 0.1) is 13.8 Å². The van der Waals surface area contributed by atoms with E-state index in [1.54, 1.807) is 15.8 Å². The highest BCUT2D eigenvalue weighted by molar-refractivity contribution is 7.89. The maximum Gasteiger partial charge on any atom is 0.326 e. The number of sulfonamides is 1. The van der Waals surface area contributed by atoms with E-state index in [9.17, 15) is 18.0 Å². The highest BCUT2D eigenvalue weighted by Crippen LogP contribution is 2.27. The van der Waals surface area contributed by atoms with Gasteiger partial charge in [0.15, 0.2) is 4.80 Å². The lowest BCUT2D eigenvalue weighted by Gasteiger charge is -2.34. The minimum atomic E-state index is -3.64. The number of rotatable bonds is 7. The summed E-state index contributed by atoms with van der Waals surface area (Å²) >= 11 is 1.34. The Bertz CT molecular complexity index is 1490.